The van der Waals surface area contributed by atoms with Gasteiger partial charge in [-0.3, -0.25) is 0 Å². The van der Waals surface area contributed by atoms with Gasteiger partial charge in [0.1, 0.15) is 5.69 Å². The molecular formula is C20H18N6. The number of rotatable bonds is 3. The van der Waals surface area contributed by atoms with Crippen LogP contribution in [0.2, 0.25) is 0 Å². The van der Waals surface area contributed by atoms with E-state index in [2.05, 4.69) is 49.4 Å². The van der Waals surface area contributed by atoms with E-state index < -0.39 is 0 Å². The summed E-state index contributed by atoms with van der Waals surface area (Å²) in [4.78, 5) is 11.1. The van der Waals surface area contributed by atoms with Gasteiger partial charge in [0.2, 0.25) is 5.95 Å². The minimum atomic E-state index is 0.164. The standard InChI is InChI=1S/C20H18N6/c1-2-6-15(7-3-1)16-9-10-18-19(23-24-26(18)14-16)17-8-4-13-25(17)20-21-11-5-12-22-20/h1-3,5-7,9-12,14,17H,4,8,13H2. The first-order chi connectivity index (χ1) is 12.9. The third-order valence-corrected chi connectivity index (χ3v) is 4.92. The van der Waals surface area contributed by atoms with Crippen molar-refractivity contribution in [1.29, 1.82) is 0 Å². The summed E-state index contributed by atoms with van der Waals surface area (Å²) in [7, 11) is 0. The summed E-state index contributed by atoms with van der Waals surface area (Å²) in [6.07, 6.45) is 7.75. The van der Waals surface area contributed by atoms with E-state index in [1.54, 1.807) is 12.4 Å². The van der Waals surface area contributed by atoms with Gasteiger partial charge in [-0.2, -0.15) is 0 Å². The summed E-state index contributed by atoms with van der Waals surface area (Å²) in [5.74, 6) is 0.761. The number of anilines is 1. The molecule has 0 spiro atoms. The SMILES string of the molecule is c1ccc(-c2ccc3c(C4CCCN4c4ncccn4)nnn3c2)cc1. The van der Waals surface area contributed by atoms with Crippen molar-refractivity contribution in [1.82, 2.24) is 24.8 Å². The maximum Gasteiger partial charge on any atom is 0.225 e. The highest BCUT2D eigenvalue weighted by atomic mass is 15.4. The molecule has 1 aliphatic heterocycles. The Kier molecular flexibility index (Phi) is 3.59. The average Bonchev–Trinajstić information content (AvgIpc) is 3.35. The second-order valence-corrected chi connectivity index (χ2v) is 6.49. The molecule has 1 fully saturated rings. The van der Waals surface area contributed by atoms with Gasteiger partial charge in [-0.15, -0.1) is 5.10 Å². The van der Waals surface area contributed by atoms with Gasteiger partial charge >= 0.3 is 0 Å². The van der Waals surface area contributed by atoms with E-state index in [-0.39, 0.29) is 6.04 Å². The molecule has 26 heavy (non-hydrogen) atoms. The molecule has 0 N–H and O–H groups in total. The predicted molar refractivity (Wildman–Crippen MR) is 99.8 cm³/mol. The first kappa shape index (κ1) is 15.0. The second-order valence-electron chi connectivity index (χ2n) is 6.49. The predicted octanol–water partition coefficient (Wildman–Crippen LogP) is 3.53. The summed E-state index contributed by atoms with van der Waals surface area (Å²) in [6, 6.07) is 16.6. The molecule has 0 saturated carbocycles. The quantitative estimate of drug-likeness (QED) is 0.570. The number of hydrogen-bond acceptors (Lipinski definition) is 5. The minimum absolute atomic E-state index is 0.164. The molecule has 0 amide bonds. The zero-order valence-electron chi connectivity index (χ0n) is 14.2. The number of benzene rings is 1. The van der Waals surface area contributed by atoms with Crippen LogP contribution in [-0.2, 0) is 0 Å². The van der Waals surface area contributed by atoms with Crippen LogP contribution in [0.1, 0.15) is 24.6 Å². The molecule has 1 aromatic carbocycles. The molecule has 1 atom stereocenters. The topological polar surface area (TPSA) is 59.2 Å². The highest BCUT2D eigenvalue weighted by Crippen LogP contribution is 2.35. The van der Waals surface area contributed by atoms with Crippen molar-refractivity contribution in [3.8, 4) is 11.1 Å². The third kappa shape index (κ3) is 2.50. The van der Waals surface area contributed by atoms with Gasteiger partial charge in [-0.1, -0.05) is 41.6 Å². The Labute approximate surface area is 151 Å². The fourth-order valence-electron chi connectivity index (χ4n) is 3.68. The zero-order chi connectivity index (χ0) is 17.3. The average molecular weight is 342 g/mol. The Balaban J connectivity index is 1.53. The van der Waals surface area contributed by atoms with E-state index >= 15 is 0 Å². The Morgan fingerprint density at radius 2 is 1.73 bits per heavy atom. The maximum absolute atomic E-state index is 4.50. The van der Waals surface area contributed by atoms with E-state index in [0.717, 1.165) is 42.1 Å². The molecule has 1 unspecified atom stereocenters. The van der Waals surface area contributed by atoms with Crippen LogP contribution in [-0.4, -0.2) is 31.3 Å². The summed E-state index contributed by atoms with van der Waals surface area (Å²) in [5.41, 5.74) is 4.34. The number of pyridine rings is 1. The van der Waals surface area contributed by atoms with Crippen molar-refractivity contribution in [2.75, 3.05) is 11.4 Å². The molecule has 6 nitrogen and oxygen atoms in total. The van der Waals surface area contributed by atoms with Gasteiger partial charge in [0.15, 0.2) is 0 Å². The molecule has 1 saturated heterocycles. The molecule has 0 bridgehead atoms. The lowest BCUT2D eigenvalue weighted by Crippen LogP contribution is -2.24. The van der Waals surface area contributed by atoms with E-state index in [9.17, 15) is 0 Å². The van der Waals surface area contributed by atoms with Gasteiger partial charge in [0.25, 0.3) is 0 Å². The highest BCUT2D eigenvalue weighted by molar-refractivity contribution is 5.66. The van der Waals surface area contributed by atoms with Gasteiger partial charge < -0.3 is 4.90 Å². The molecule has 0 radical (unpaired) electrons. The van der Waals surface area contributed by atoms with Crippen LogP contribution in [0.3, 0.4) is 0 Å². The number of fused-ring (bicyclic) bond motifs is 1. The Bertz CT molecular complexity index is 1030. The molecule has 1 aliphatic rings. The molecule has 0 aliphatic carbocycles. The Morgan fingerprint density at radius 3 is 2.58 bits per heavy atom. The minimum Gasteiger partial charge on any atom is -0.332 e. The summed E-state index contributed by atoms with van der Waals surface area (Å²) >= 11 is 0. The first-order valence-corrected chi connectivity index (χ1v) is 8.84. The Morgan fingerprint density at radius 1 is 0.885 bits per heavy atom. The largest absolute Gasteiger partial charge is 0.332 e. The van der Waals surface area contributed by atoms with E-state index in [1.807, 2.05) is 35.0 Å². The monoisotopic (exact) mass is 342 g/mol. The molecule has 3 aromatic heterocycles. The number of aromatic nitrogens is 5. The molecule has 4 aromatic rings. The van der Waals surface area contributed by atoms with Crippen molar-refractivity contribution in [3.05, 3.63) is 72.8 Å². The fourth-order valence-corrected chi connectivity index (χ4v) is 3.68. The lowest BCUT2D eigenvalue weighted by Gasteiger charge is -2.22. The van der Waals surface area contributed by atoms with Crippen molar-refractivity contribution in [2.45, 2.75) is 18.9 Å². The fraction of sp³-hybridized carbons (Fsp3) is 0.200. The first-order valence-electron chi connectivity index (χ1n) is 8.84. The van der Waals surface area contributed by atoms with Crippen molar-refractivity contribution in [3.63, 3.8) is 0 Å². The van der Waals surface area contributed by atoms with Gasteiger partial charge in [-0.05, 0) is 30.5 Å². The van der Waals surface area contributed by atoms with E-state index in [1.165, 1.54) is 5.56 Å². The van der Waals surface area contributed by atoms with E-state index in [0.29, 0.717) is 0 Å². The van der Waals surface area contributed by atoms with E-state index in [4.69, 9.17) is 0 Å². The number of nitrogens with zero attached hydrogens (tertiary/aromatic N) is 6. The van der Waals surface area contributed by atoms with Gasteiger partial charge in [0, 0.05) is 30.7 Å². The normalized spacial score (nSPS) is 17.1. The molecule has 6 heteroatoms. The van der Waals surface area contributed by atoms with Crippen molar-refractivity contribution >= 4 is 11.5 Å². The summed E-state index contributed by atoms with van der Waals surface area (Å²) in [6.45, 7) is 0.940. The third-order valence-electron chi connectivity index (χ3n) is 4.92. The molecular weight excluding hydrogens is 324 g/mol. The zero-order valence-corrected chi connectivity index (χ0v) is 14.2. The molecule has 128 valence electrons. The van der Waals surface area contributed by atoms with Crippen molar-refractivity contribution in [2.24, 2.45) is 0 Å². The van der Waals surface area contributed by atoms with Crippen LogP contribution >= 0.6 is 0 Å². The second kappa shape index (κ2) is 6.22. The molecule has 5 rings (SSSR count). The van der Waals surface area contributed by atoms with Gasteiger partial charge in [0.05, 0.1) is 11.6 Å². The van der Waals surface area contributed by atoms with Crippen LogP contribution in [0.15, 0.2) is 67.1 Å². The summed E-state index contributed by atoms with van der Waals surface area (Å²) < 4.78 is 1.88. The van der Waals surface area contributed by atoms with Crippen LogP contribution < -0.4 is 4.90 Å². The number of hydrogen-bond donors (Lipinski definition) is 0. The lowest BCUT2D eigenvalue weighted by molar-refractivity contribution is 0.677. The van der Waals surface area contributed by atoms with Crippen LogP contribution in [0, 0.1) is 0 Å². The lowest BCUT2D eigenvalue weighted by atomic mass is 10.1. The maximum atomic E-state index is 4.50. The van der Waals surface area contributed by atoms with Crippen molar-refractivity contribution < 1.29 is 0 Å². The van der Waals surface area contributed by atoms with Crippen LogP contribution in [0.4, 0.5) is 5.95 Å². The molecule has 4 heterocycles. The Hall–Kier alpha value is -3.28. The highest BCUT2D eigenvalue weighted by Gasteiger charge is 2.31. The van der Waals surface area contributed by atoms with Crippen LogP contribution in [0.25, 0.3) is 16.6 Å². The smallest absolute Gasteiger partial charge is 0.225 e. The summed E-state index contributed by atoms with van der Waals surface area (Å²) in [5, 5.41) is 8.88. The van der Waals surface area contributed by atoms with Crippen LogP contribution in [0.5, 0.6) is 0 Å². The van der Waals surface area contributed by atoms with Gasteiger partial charge in [-0.25, -0.2) is 14.5 Å².